The fourth-order valence-corrected chi connectivity index (χ4v) is 1.37. The van der Waals surface area contributed by atoms with Crippen LogP contribution in [0.5, 0.6) is 5.88 Å². The number of rotatable bonds is 1. The Morgan fingerprint density at radius 1 is 1.29 bits per heavy atom. The van der Waals surface area contributed by atoms with Crippen LogP contribution in [0.4, 0.5) is 0 Å². The minimum Gasteiger partial charge on any atom is -0.491 e. The molecule has 1 N–H and O–H groups in total. The number of aromatic hydroxyl groups is 1. The van der Waals surface area contributed by atoms with Crippen molar-refractivity contribution in [2.24, 2.45) is 0 Å². The van der Waals surface area contributed by atoms with E-state index in [1.54, 1.807) is 6.92 Å². The van der Waals surface area contributed by atoms with Crippen molar-refractivity contribution in [3.05, 3.63) is 34.5 Å². The highest BCUT2D eigenvalue weighted by Crippen LogP contribution is 2.25. The predicted octanol–water partition coefficient (Wildman–Crippen LogP) is 3.12. The molecular weight excluding hydrogens is 246 g/mol. The summed E-state index contributed by atoms with van der Waals surface area (Å²) in [4.78, 5) is 3.88. The van der Waals surface area contributed by atoms with E-state index in [0.717, 1.165) is 10.0 Å². The maximum atomic E-state index is 9.24. The average Bonchev–Trinajstić information content (AvgIpc) is 2.48. The monoisotopic (exact) mass is 253 g/mol. The Morgan fingerprint density at radius 2 is 1.93 bits per heavy atom. The molecule has 0 atom stereocenters. The Morgan fingerprint density at radius 3 is 2.43 bits per heavy atom. The van der Waals surface area contributed by atoms with Gasteiger partial charge >= 0.3 is 0 Å². The van der Waals surface area contributed by atoms with Gasteiger partial charge in [-0.05, 0) is 31.2 Å². The molecule has 1 heterocycles. The largest absolute Gasteiger partial charge is 0.491 e. The summed E-state index contributed by atoms with van der Waals surface area (Å²) in [5.41, 5.74) is 0.844. The van der Waals surface area contributed by atoms with Crippen LogP contribution in [-0.4, -0.2) is 10.1 Å². The number of oxazole rings is 1. The summed E-state index contributed by atoms with van der Waals surface area (Å²) in [6.45, 7) is 1.67. The lowest BCUT2D eigenvalue weighted by Crippen LogP contribution is -1.75. The Hall–Kier alpha value is -1.29. The molecule has 14 heavy (non-hydrogen) atoms. The third-order valence-corrected chi connectivity index (χ3v) is 2.39. The van der Waals surface area contributed by atoms with Gasteiger partial charge in [-0.25, -0.2) is 0 Å². The molecule has 72 valence electrons. The van der Waals surface area contributed by atoms with Crippen LogP contribution in [0.1, 0.15) is 5.76 Å². The van der Waals surface area contributed by atoms with Gasteiger partial charge in [-0.2, -0.15) is 4.98 Å². The van der Waals surface area contributed by atoms with Crippen LogP contribution in [0.2, 0.25) is 0 Å². The number of aromatic nitrogens is 1. The molecule has 0 bridgehead atoms. The zero-order valence-corrected chi connectivity index (χ0v) is 9.08. The molecule has 2 rings (SSSR count). The Labute approximate surface area is 89.5 Å². The van der Waals surface area contributed by atoms with Crippen LogP contribution in [0.3, 0.4) is 0 Å². The molecule has 0 radical (unpaired) electrons. The standard InChI is InChI=1S/C10H8BrNO2/c1-6-9(13)12-10(14-6)7-2-4-8(11)5-3-7/h2-5,13H,1H3. The highest BCUT2D eigenvalue weighted by molar-refractivity contribution is 9.10. The Balaban J connectivity index is 2.44. The van der Waals surface area contributed by atoms with Crippen molar-refractivity contribution in [3.63, 3.8) is 0 Å². The summed E-state index contributed by atoms with van der Waals surface area (Å²) in [5, 5.41) is 9.24. The summed E-state index contributed by atoms with van der Waals surface area (Å²) in [6, 6.07) is 7.53. The molecule has 1 aromatic carbocycles. The van der Waals surface area contributed by atoms with Gasteiger partial charge in [0.05, 0.1) is 0 Å². The van der Waals surface area contributed by atoms with Gasteiger partial charge in [0.25, 0.3) is 5.88 Å². The molecule has 1 aromatic heterocycles. The second-order valence-electron chi connectivity index (χ2n) is 2.91. The third-order valence-electron chi connectivity index (χ3n) is 1.86. The van der Waals surface area contributed by atoms with Crippen molar-refractivity contribution in [1.82, 2.24) is 4.98 Å². The minimum absolute atomic E-state index is 0.0529. The highest BCUT2D eigenvalue weighted by atomic mass is 79.9. The van der Waals surface area contributed by atoms with E-state index < -0.39 is 0 Å². The quantitative estimate of drug-likeness (QED) is 0.850. The lowest BCUT2D eigenvalue weighted by Gasteiger charge is -1.94. The number of halogens is 1. The van der Waals surface area contributed by atoms with Crippen molar-refractivity contribution in [2.45, 2.75) is 6.92 Å². The van der Waals surface area contributed by atoms with Crippen LogP contribution in [0, 0.1) is 6.92 Å². The van der Waals surface area contributed by atoms with Crippen molar-refractivity contribution in [3.8, 4) is 17.3 Å². The van der Waals surface area contributed by atoms with E-state index in [1.807, 2.05) is 24.3 Å². The van der Waals surface area contributed by atoms with E-state index in [-0.39, 0.29) is 5.88 Å². The van der Waals surface area contributed by atoms with Gasteiger partial charge < -0.3 is 9.52 Å². The molecule has 0 spiro atoms. The first-order valence-corrected chi connectivity index (χ1v) is 4.88. The molecule has 0 saturated heterocycles. The zero-order valence-electron chi connectivity index (χ0n) is 7.49. The molecule has 2 aromatic rings. The first kappa shape index (κ1) is 9.27. The fourth-order valence-electron chi connectivity index (χ4n) is 1.10. The molecule has 0 aliphatic rings. The van der Waals surface area contributed by atoms with Crippen molar-refractivity contribution in [2.75, 3.05) is 0 Å². The number of hydrogen-bond donors (Lipinski definition) is 1. The van der Waals surface area contributed by atoms with Gasteiger partial charge in [-0.15, -0.1) is 0 Å². The zero-order chi connectivity index (χ0) is 10.1. The third kappa shape index (κ3) is 1.65. The average molecular weight is 254 g/mol. The second-order valence-corrected chi connectivity index (χ2v) is 3.82. The van der Waals surface area contributed by atoms with E-state index in [4.69, 9.17) is 4.42 Å². The van der Waals surface area contributed by atoms with Crippen LogP contribution in [0.25, 0.3) is 11.5 Å². The van der Waals surface area contributed by atoms with Gasteiger partial charge in [0.2, 0.25) is 5.89 Å². The number of nitrogens with zero attached hydrogens (tertiary/aromatic N) is 1. The first-order chi connectivity index (χ1) is 6.66. The van der Waals surface area contributed by atoms with E-state index in [0.29, 0.717) is 11.7 Å². The van der Waals surface area contributed by atoms with Gasteiger partial charge in [-0.3, -0.25) is 0 Å². The molecule has 0 fully saturated rings. The Kier molecular flexibility index (Phi) is 2.29. The SMILES string of the molecule is Cc1oc(-c2ccc(Br)cc2)nc1O. The highest BCUT2D eigenvalue weighted by Gasteiger charge is 2.09. The van der Waals surface area contributed by atoms with Gasteiger partial charge in [0.15, 0.2) is 5.76 Å². The summed E-state index contributed by atoms with van der Waals surface area (Å²) < 4.78 is 6.26. The topological polar surface area (TPSA) is 46.3 Å². The summed E-state index contributed by atoms with van der Waals surface area (Å²) in [6.07, 6.45) is 0. The van der Waals surface area contributed by atoms with Crippen LogP contribution >= 0.6 is 15.9 Å². The van der Waals surface area contributed by atoms with Gasteiger partial charge in [-0.1, -0.05) is 15.9 Å². The molecule has 3 nitrogen and oxygen atoms in total. The van der Waals surface area contributed by atoms with Gasteiger partial charge in [0.1, 0.15) is 0 Å². The van der Waals surface area contributed by atoms with Crippen LogP contribution in [-0.2, 0) is 0 Å². The molecule has 0 aliphatic carbocycles. The number of hydrogen-bond acceptors (Lipinski definition) is 3. The van der Waals surface area contributed by atoms with E-state index in [1.165, 1.54) is 0 Å². The summed E-state index contributed by atoms with van der Waals surface area (Å²) in [5.74, 6) is 0.818. The smallest absolute Gasteiger partial charge is 0.253 e. The number of benzene rings is 1. The number of aryl methyl sites for hydroxylation is 1. The van der Waals surface area contributed by atoms with Crippen molar-refractivity contribution in [1.29, 1.82) is 0 Å². The second kappa shape index (κ2) is 3.46. The lowest BCUT2D eigenvalue weighted by atomic mass is 10.2. The first-order valence-electron chi connectivity index (χ1n) is 4.09. The summed E-state index contributed by atoms with van der Waals surface area (Å²) >= 11 is 3.34. The fraction of sp³-hybridized carbons (Fsp3) is 0.100. The normalized spacial score (nSPS) is 10.4. The van der Waals surface area contributed by atoms with E-state index in [2.05, 4.69) is 20.9 Å². The lowest BCUT2D eigenvalue weighted by molar-refractivity contribution is 0.436. The summed E-state index contributed by atoms with van der Waals surface area (Å²) in [7, 11) is 0. The van der Waals surface area contributed by atoms with E-state index in [9.17, 15) is 5.11 Å². The Bertz CT molecular complexity index is 428. The molecule has 0 unspecified atom stereocenters. The predicted molar refractivity (Wildman–Crippen MR) is 56.0 cm³/mol. The van der Waals surface area contributed by atoms with Crippen LogP contribution < -0.4 is 0 Å². The van der Waals surface area contributed by atoms with E-state index >= 15 is 0 Å². The molecule has 0 aliphatic heterocycles. The molecular formula is C10H8BrNO2. The minimum atomic E-state index is -0.0529. The van der Waals surface area contributed by atoms with Crippen molar-refractivity contribution >= 4 is 15.9 Å². The van der Waals surface area contributed by atoms with Crippen LogP contribution in [0.15, 0.2) is 33.2 Å². The maximum absolute atomic E-state index is 9.24. The van der Waals surface area contributed by atoms with Gasteiger partial charge in [0, 0.05) is 10.0 Å². The molecule has 0 saturated carbocycles. The maximum Gasteiger partial charge on any atom is 0.253 e. The molecule has 0 amide bonds. The molecule has 4 heteroatoms. The van der Waals surface area contributed by atoms with Crippen molar-refractivity contribution < 1.29 is 9.52 Å².